The van der Waals surface area contributed by atoms with Gasteiger partial charge in [-0.1, -0.05) is 49.1 Å². The fourth-order valence-corrected chi connectivity index (χ4v) is 1.87. The van der Waals surface area contributed by atoms with Crippen LogP contribution >= 0.6 is 0 Å². The first-order chi connectivity index (χ1) is 13.3. The molecule has 0 amide bonds. The van der Waals surface area contributed by atoms with Crippen LogP contribution in [0.25, 0.3) is 6.08 Å². The molecule has 3 aromatic carbocycles. The molecule has 28 heavy (non-hydrogen) atoms. The SMILES string of the molecule is C=Cc1cc(O)ccc1O.O=C(O)c1ccccc1.O=C(O)c1ccccc1. The van der Waals surface area contributed by atoms with E-state index in [1.54, 1.807) is 60.7 Å². The van der Waals surface area contributed by atoms with Crippen molar-refractivity contribution in [1.82, 2.24) is 0 Å². The second-order valence-corrected chi connectivity index (χ2v) is 5.29. The molecule has 0 spiro atoms. The Morgan fingerprint density at radius 2 is 1.14 bits per heavy atom. The van der Waals surface area contributed by atoms with Gasteiger partial charge in [0.15, 0.2) is 0 Å². The van der Waals surface area contributed by atoms with Crippen molar-refractivity contribution >= 4 is 18.0 Å². The number of carbonyl (C=O) groups is 2. The summed E-state index contributed by atoms with van der Waals surface area (Å²) < 4.78 is 0. The van der Waals surface area contributed by atoms with Crippen LogP contribution in [0, 0.1) is 0 Å². The average molecular weight is 380 g/mol. The van der Waals surface area contributed by atoms with Crippen LogP contribution in [0.1, 0.15) is 26.3 Å². The Labute approximate surface area is 162 Å². The molecule has 0 unspecified atom stereocenters. The zero-order valence-corrected chi connectivity index (χ0v) is 14.9. The van der Waals surface area contributed by atoms with Gasteiger partial charge in [-0.25, -0.2) is 9.59 Å². The summed E-state index contributed by atoms with van der Waals surface area (Å²) in [6.45, 7) is 3.46. The number of rotatable bonds is 3. The van der Waals surface area contributed by atoms with Gasteiger partial charge in [0, 0.05) is 5.56 Å². The molecule has 0 bridgehead atoms. The molecule has 0 atom stereocenters. The molecule has 0 aliphatic heterocycles. The maximum absolute atomic E-state index is 10.2. The molecular formula is C22H20O6. The fraction of sp³-hybridized carbons (Fsp3) is 0. The van der Waals surface area contributed by atoms with Gasteiger partial charge in [0.2, 0.25) is 0 Å². The summed E-state index contributed by atoms with van der Waals surface area (Å²) in [6, 6.07) is 20.9. The number of phenols is 2. The van der Waals surface area contributed by atoms with Crippen LogP contribution in [-0.4, -0.2) is 32.4 Å². The Kier molecular flexibility index (Phi) is 9.06. The minimum absolute atomic E-state index is 0.132. The van der Waals surface area contributed by atoms with Crippen molar-refractivity contribution in [1.29, 1.82) is 0 Å². The molecule has 6 heteroatoms. The summed E-state index contributed by atoms with van der Waals surface area (Å²) in [5.74, 6) is -1.49. The Bertz CT molecular complexity index is 855. The first-order valence-electron chi connectivity index (χ1n) is 8.06. The number of hydrogen-bond acceptors (Lipinski definition) is 4. The lowest BCUT2D eigenvalue weighted by Crippen LogP contribution is -1.93. The van der Waals surface area contributed by atoms with E-state index in [2.05, 4.69) is 6.58 Å². The molecule has 0 saturated carbocycles. The summed E-state index contributed by atoms with van der Waals surface area (Å²) in [5, 5.41) is 34.7. The number of phenolic OH excluding ortho intramolecular Hbond substituents is 2. The highest BCUT2D eigenvalue weighted by molar-refractivity contribution is 5.87. The number of hydrogen-bond donors (Lipinski definition) is 4. The van der Waals surface area contributed by atoms with Crippen LogP contribution in [0.3, 0.4) is 0 Å². The normalized spacial score (nSPS) is 9.00. The van der Waals surface area contributed by atoms with Gasteiger partial charge in [-0.3, -0.25) is 0 Å². The van der Waals surface area contributed by atoms with E-state index in [1.807, 2.05) is 0 Å². The van der Waals surface area contributed by atoms with Crippen molar-refractivity contribution in [2.24, 2.45) is 0 Å². The standard InChI is InChI=1S/C8H8O2.2C7H6O2/c1-2-6-5-7(9)3-4-8(6)10;2*8-7(9)6-4-2-1-3-5-6/h2-5,9-10H,1H2;2*1-5H,(H,8,9). The summed E-state index contributed by atoms with van der Waals surface area (Å²) in [5.41, 5.74) is 1.20. The van der Waals surface area contributed by atoms with E-state index >= 15 is 0 Å². The van der Waals surface area contributed by atoms with Gasteiger partial charge in [0.1, 0.15) is 11.5 Å². The number of carboxylic acids is 2. The fourth-order valence-electron chi connectivity index (χ4n) is 1.87. The van der Waals surface area contributed by atoms with Gasteiger partial charge in [0.25, 0.3) is 0 Å². The van der Waals surface area contributed by atoms with Crippen molar-refractivity contribution in [2.45, 2.75) is 0 Å². The first-order valence-corrected chi connectivity index (χ1v) is 8.06. The molecule has 3 rings (SSSR count). The molecule has 0 aliphatic carbocycles. The Balaban J connectivity index is 0.000000210. The molecule has 0 radical (unpaired) electrons. The molecule has 144 valence electrons. The van der Waals surface area contributed by atoms with E-state index in [1.165, 1.54) is 24.3 Å². The van der Waals surface area contributed by atoms with Crippen LogP contribution in [-0.2, 0) is 0 Å². The third-order valence-electron chi connectivity index (χ3n) is 3.27. The summed E-state index contributed by atoms with van der Waals surface area (Å²) in [7, 11) is 0. The van der Waals surface area contributed by atoms with Gasteiger partial charge in [-0.15, -0.1) is 0 Å². The van der Waals surface area contributed by atoms with Gasteiger partial charge >= 0.3 is 11.9 Å². The van der Waals surface area contributed by atoms with Crippen molar-refractivity contribution in [3.05, 3.63) is 102 Å². The Morgan fingerprint density at radius 3 is 1.43 bits per heavy atom. The van der Waals surface area contributed by atoms with Crippen molar-refractivity contribution in [2.75, 3.05) is 0 Å². The van der Waals surface area contributed by atoms with Crippen molar-refractivity contribution in [3.8, 4) is 11.5 Å². The van der Waals surface area contributed by atoms with Crippen LogP contribution < -0.4 is 0 Å². The Hall–Kier alpha value is -4.06. The topological polar surface area (TPSA) is 115 Å². The van der Waals surface area contributed by atoms with Gasteiger partial charge in [-0.05, 0) is 42.5 Å². The molecule has 0 heterocycles. The van der Waals surface area contributed by atoms with E-state index in [-0.39, 0.29) is 11.5 Å². The quantitative estimate of drug-likeness (QED) is 0.497. The highest BCUT2D eigenvalue weighted by Gasteiger charge is 1.97. The van der Waals surface area contributed by atoms with E-state index < -0.39 is 11.9 Å². The highest BCUT2D eigenvalue weighted by Crippen LogP contribution is 2.22. The smallest absolute Gasteiger partial charge is 0.335 e. The van der Waals surface area contributed by atoms with Gasteiger partial charge in [-0.2, -0.15) is 0 Å². The molecule has 0 aliphatic rings. The van der Waals surface area contributed by atoms with Crippen LogP contribution in [0.2, 0.25) is 0 Å². The third kappa shape index (κ3) is 7.88. The lowest BCUT2D eigenvalue weighted by atomic mass is 10.2. The monoisotopic (exact) mass is 380 g/mol. The third-order valence-corrected chi connectivity index (χ3v) is 3.27. The van der Waals surface area contributed by atoms with E-state index in [4.69, 9.17) is 20.4 Å². The number of aromatic hydroxyl groups is 2. The van der Waals surface area contributed by atoms with Gasteiger partial charge < -0.3 is 20.4 Å². The van der Waals surface area contributed by atoms with E-state index in [0.29, 0.717) is 16.7 Å². The van der Waals surface area contributed by atoms with Crippen molar-refractivity contribution < 1.29 is 30.0 Å². The molecular weight excluding hydrogens is 360 g/mol. The van der Waals surface area contributed by atoms with Crippen LogP contribution in [0.5, 0.6) is 11.5 Å². The van der Waals surface area contributed by atoms with Crippen molar-refractivity contribution in [3.63, 3.8) is 0 Å². The molecule has 0 aromatic heterocycles. The minimum atomic E-state index is -0.879. The second kappa shape index (κ2) is 11.5. The molecule has 4 N–H and O–H groups in total. The maximum atomic E-state index is 10.2. The van der Waals surface area contributed by atoms with Crippen LogP contribution in [0.15, 0.2) is 85.4 Å². The van der Waals surface area contributed by atoms with E-state index in [0.717, 1.165) is 0 Å². The molecule has 3 aromatic rings. The highest BCUT2D eigenvalue weighted by atomic mass is 16.4. The first kappa shape index (κ1) is 22.0. The average Bonchev–Trinajstić information content (AvgIpc) is 2.72. The minimum Gasteiger partial charge on any atom is -0.508 e. The zero-order chi connectivity index (χ0) is 20.9. The number of carboxylic acid groups (broad SMARTS) is 2. The predicted octanol–water partition coefficient (Wildman–Crippen LogP) is 4.51. The van der Waals surface area contributed by atoms with E-state index in [9.17, 15) is 9.59 Å². The number of aromatic carboxylic acids is 2. The predicted molar refractivity (Wildman–Crippen MR) is 107 cm³/mol. The molecule has 0 saturated heterocycles. The molecule has 0 fully saturated rings. The van der Waals surface area contributed by atoms with Crippen LogP contribution in [0.4, 0.5) is 0 Å². The maximum Gasteiger partial charge on any atom is 0.335 e. The lowest BCUT2D eigenvalue weighted by Gasteiger charge is -1.97. The summed E-state index contributed by atoms with van der Waals surface area (Å²) >= 11 is 0. The number of benzene rings is 3. The lowest BCUT2D eigenvalue weighted by molar-refractivity contribution is 0.0686. The largest absolute Gasteiger partial charge is 0.508 e. The summed E-state index contributed by atoms with van der Waals surface area (Å²) in [6.07, 6.45) is 1.48. The zero-order valence-electron chi connectivity index (χ0n) is 14.9. The molecule has 6 nitrogen and oxygen atoms in total. The van der Waals surface area contributed by atoms with Gasteiger partial charge in [0.05, 0.1) is 11.1 Å². The Morgan fingerprint density at radius 1 is 0.714 bits per heavy atom. The second-order valence-electron chi connectivity index (χ2n) is 5.29. The summed E-state index contributed by atoms with van der Waals surface area (Å²) in [4.78, 5) is 20.4.